The number of hydrogen-bond acceptors (Lipinski definition) is 2. The first-order valence-corrected chi connectivity index (χ1v) is 5.46. The molecule has 14 heavy (non-hydrogen) atoms. The van der Waals surface area contributed by atoms with Crippen molar-refractivity contribution in [3.8, 4) is 0 Å². The molecular weight excluding hydrogens is 172 g/mol. The fourth-order valence-electron chi connectivity index (χ4n) is 2.95. The first kappa shape index (κ1) is 8.42. The van der Waals surface area contributed by atoms with Gasteiger partial charge in [0.2, 0.25) is 0 Å². The summed E-state index contributed by atoms with van der Waals surface area (Å²) in [5.74, 6) is 0. The third-order valence-corrected chi connectivity index (χ3v) is 3.94. The Bertz CT molecular complexity index is 355. The highest BCUT2D eigenvalue weighted by Crippen LogP contribution is 2.60. The van der Waals surface area contributed by atoms with Gasteiger partial charge in [0.1, 0.15) is 0 Å². The van der Waals surface area contributed by atoms with Gasteiger partial charge in [0, 0.05) is 18.4 Å². The lowest BCUT2D eigenvalue weighted by molar-refractivity contribution is 0.312. The van der Waals surface area contributed by atoms with Crippen LogP contribution in [0.1, 0.15) is 36.4 Å². The van der Waals surface area contributed by atoms with Crippen molar-refractivity contribution in [2.45, 2.75) is 31.7 Å². The standard InChI is InChI=1S/C12H16N2/c1-13-11-10-3-7-14-8-9(10)2-4-12(11)5-6-12/h3,7-8,11,13H,2,4-6H2,1H3. The summed E-state index contributed by atoms with van der Waals surface area (Å²) in [6.45, 7) is 0. The highest BCUT2D eigenvalue weighted by Gasteiger charge is 2.51. The summed E-state index contributed by atoms with van der Waals surface area (Å²) in [6.07, 6.45) is 9.33. The Morgan fingerprint density at radius 2 is 2.29 bits per heavy atom. The molecule has 3 rings (SSSR count). The van der Waals surface area contributed by atoms with E-state index in [2.05, 4.69) is 23.4 Å². The van der Waals surface area contributed by atoms with Crippen LogP contribution in [0.4, 0.5) is 0 Å². The maximum atomic E-state index is 4.21. The maximum Gasteiger partial charge on any atom is 0.0378 e. The second kappa shape index (κ2) is 2.80. The maximum absolute atomic E-state index is 4.21. The molecule has 0 radical (unpaired) electrons. The molecule has 2 aliphatic carbocycles. The number of nitrogens with one attached hydrogen (secondary N) is 1. The molecule has 0 saturated heterocycles. The van der Waals surface area contributed by atoms with Gasteiger partial charge < -0.3 is 5.32 Å². The minimum Gasteiger partial charge on any atom is -0.313 e. The normalized spacial score (nSPS) is 27.4. The van der Waals surface area contributed by atoms with E-state index in [0.717, 1.165) is 0 Å². The third kappa shape index (κ3) is 1.04. The van der Waals surface area contributed by atoms with E-state index >= 15 is 0 Å². The van der Waals surface area contributed by atoms with Crippen LogP contribution in [-0.4, -0.2) is 12.0 Å². The molecule has 1 aromatic rings. The topological polar surface area (TPSA) is 24.9 Å². The molecule has 1 saturated carbocycles. The zero-order chi connectivity index (χ0) is 9.60. The third-order valence-electron chi connectivity index (χ3n) is 3.94. The number of aromatic nitrogens is 1. The largest absolute Gasteiger partial charge is 0.313 e. The number of rotatable bonds is 1. The second-order valence-electron chi connectivity index (χ2n) is 4.66. The van der Waals surface area contributed by atoms with Gasteiger partial charge in [0.05, 0.1) is 0 Å². The summed E-state index contributed by atoms with van der Waals surface area (Å²) in [5.41, 5.74) is 3.54. The van der Waals surface area contributed by atoms with Gasteiger partial charge in [-0.15, -0.1) is 0 Å². The lowest BCUT2D eigenvalue weighted by Gasteiger charge is -2.33. The van der Waals surface area contributed by atoms with Crippen LogP contribution < -0.4 is 5.32 Å². The molecule has 0 amide bonds. The Labute approximate surface area is 84.7 Å². The van der Waals surface area contributed by atoms with Crippen LogP contribution in [0.25, 0.3) is 0 Å². The van der Waals surface area contributed by atoms with Crippen LogP contribution in [0.3, 0.4) is 0 Å². The molecule has 2 heteroatoms. The minimum absolute atomic E-state index is 0.578. The molecule has 1 heterocycles. The van der Waals surface area contributed by atoms with Crippen molar-refractivity contribution >= 4 is 0 Å². The molecule has 2 nitrogen and oxygen atoms in total. The molecule has 1 atom stereocenters. The predicted molar refractivity (Wildman–Crippen MR) is 56.0 cm³/mol. The number of hydrogen-bond donors (Lipinski definition) is 1. The Balaban J connectivity index is 2.06. The highest BCUT2D eigenvalue weighted by atomic mass is 14.9. The van der Waals surface area contributed by atoms with Crippen LogP contribution in [0.2, 0.25) is 0 Å². The molecule has 0 aliphatic heterocycles. The van der Waals surface area contributed by atoms with E-state index in [1.807, 2.05) is 12.4 Å². The van der Waals surface area contributed by atoms with Crippen molar-refractivity contribution in [3.05, 3.63) is 29.6 Å². The second-order valence-corrected chi connectivity index (χ2v) is 4.66. The van der Waals surface area contributed by atoms with Gasteiger partial charge in [0.25, 0.3) is 0 Å². The summed E-state index contributed by atoms with van der Waals surface area (Å²) in [7, 11) is 2.08. The van der Waals surface area contributed by atoms with Gasteiger partial charge in [-0.2, -0.15) is 0 Å². The molecular formula is C12H16N2. The van der Waals surface area contributed by atoms with E-state index in [4.69, 9.17) is 0 Å². The lowest BCUT2D eigenvalue weighted by Crippen LogP contribution is -2.31. The summed E-state index contributed by atoms with van der Waals surface area (Å²) >= 11 is 0. The predicted octanol–water partition coefficient (Wildman–Crippen LogP) is 2.07. The van der Waals surface area contributed by atoms with E-state index in [0.29, 0.717) is 11.5 Å². The van der Waals surface area contributed by atoms with Crippen LogP contribution in [0.15, 0.2) is 18.5 Å². The Morgan fingerprint density at radius 1 is 1.43 bits per heavy atom. The van der Waals surface area contributed by atoms with Crippen molar-refractivity contribution in [2.24, 2.45) is 5.41 Å². The molecule has 0 bridgehead atoms. The van der Waals surface area contributed by atoms with E-state index in [1.54, 1.807) is 0 Å². The van der Waals surface area contributed by atoms with Crippen molar-refractivity contribution in [2.75, 3.05) is 7.05 Å². The van der Waals surface area contributed by atoms with Crippen LogP contribution in [0.5, 0.6) is 0 Å². The molecule has 1 spiro atoms. The van der Waals surface area contributed by atoms with Crippen molar-refractivity contribution in [1.29, 1.82) is 0 Å². The van der Waals surface area contributed by atoms with Crippen molar-refractivity contribution in [1.82, 2.24) is 10.3 Å². The van der Waals surface area contributed by atoms with Gasteiger partial charge in [-0.05, 0) is 55.3 Å². The number of fused-ring (bicyclic) bond motifs is 1. The molecule has 1 aromatic heterocycles. The number of pyridine rings is 1. The Kier molecular flexibility index (Phi) is 1.68. The van der Waals surface area contributed by atoms with E-state index in [9.17, 15) is 0 Å². The Hall–Kier alpha value is -0.890. The molecule has 1 unspecified atom stereocenters. The monoisotopic (exact) mass is 188 g/mol. The average molecular weight is 188 g/mol. The van der Waals surface area contributed by atoms with E-state index in [1.165, 1.54) is 36.8 Å². The van der Waals surface area contributed by atoms with Crippen LogP contribution >= 0.6 is 0 Å². The quantitative estimate of drug-likeness (QED) is 0.729. The fourth-order valence-corrected chi connectivity index (χ4v) is 2.95. The van der Waals surface area contributed by atoms with Gasteiger partial charge in [-0.3, -0.25) is 4.98 Å². The first-order valence-electron chi connectivity index (χ1n) is 5.46. The zero-order valence-electron chi connectivity index (χ0n) is 8.59. The SMILES string of the molecule is CNC1c2ccncc2CCC12CC2. The Morgan fingerprint density at radius 3 is 3.00 bits per heavy atom. The molecule has 2 aliphatic rings. The van der Waals surface area contributed by atoms with Gasteiger partial charge in [-0.1, -0.05) is 0 Å². The van der Waals surface area contributed by atoms with Crippen LogP contribution in [0, 0.1) is 5.41 Å². The summed E-state index contributed by atoms with van der Waals surface area (Å²) in [6, 6.07) is 2.77. The minimum atomic E-state index is 0.578. The molecule has 74 valence electrons. The van der Waals surface area contributed by atoms with Crippen LogP contribution in [-0.2, 0) is 6.42 Å². The van der Waals surface area contributed by atoms with E-state index < -0.39 is 0 Å². The summed E-state index contributed by atoms with van der Waals surface area (Å²) in [5, 5.41) is 3.49. The average Bonchev–Trinajstić information content (AvgIpc) is 2.99. The zero-order valence-corrected chi connectivity index (χ0v) is 8.59. The molecule has 1 N–H and O–H groups in total. The number of aryl methyl sites for hydroxylation is 1. The van der Waals surface area contributed by atoms with Gasteiger partial charge in [-0.25, -0.2) is 0 Å². The highest BCUT2D eigenvalue weighted by molar-refractivity contribution is 5.34. The number of nitrogens with zero attached hydrogens (tertiary/aromatic N) is 1. The smallest absolute Gasteiger partial charge is 0.0378 e. The van der Waals surface area contributed by atoms with Gasteiger partial charge >= 0.3 is 0 Å². The lowest BCUT2D eigenvalue weighted by atomic mass is 9.78. The van der Waals surface area contributed by atoms with E-state index in [-0.39, 0.29) is 0 Å². The fraction of sp³-hybridized carbons (Fsp3) is 0.583. The molecule has 1 fully saturated rings. The molecule has 0 aromatic carbocycles. The summed E-state index contributed by atoms with van der Waals surface area (Å²) < 4.78 is 0. The summed E-state index contributed by atoms with van der Waals surface area (Å²) in [4.78, 5) is 4.21. The van der Waals surface area contributed by atoms with Gasteiger partial charge in [0.15, 0.2) is 0 Å². The first-order chi connectivity index (χ1) is 6.86. The van der Waals surface area contributed by atoms with Crippen molar-refractivity contribution in [3.63, 3.8) is 0 Å². The van der Waals surface area contributed by atoms with Crippen molar-refractivity contribution < 1.29 is 0 Å².